The van der Waals surface area contributed by atoms with Gasteiger partial charge >= 0.3 is 0 Å². The highest BCUT2D eigenvalue weighted by Gasteiger charge is 2.18. The molecule has 2 heteroatoms. The Bertz CT molecular complexity index is 1530. The molecule has 0 heterocycles. The van der Waals surface area contributed by atoms with Crippen molar-refractivity contribution in [2.45, 2.75) is 0 Å². The van der Waals surface area contributed by atoms with Crippen LogP contribution < -0.4 is 9.47 Å². The van der Waals surface area contributed by atoms with E-state index in [1.54, 1.807) is 14.2 Å². The fourth-order valence-electron chi connectivity index (χ4n) is 4.83. The number of fused-ring (bicyclic) bond motifs is 5. The second-order valence-electron chi connectivity index (χ2n) is 7.26. The molecule has 0 amide bonds. The second kappa shape index (κ2) is 5.49. The van der Waals surface area contributed by atoms with E-state index in [1.807, 2.05) is 6.07 Å². The Morgan fingerprint density at radius 2 is 1.21 bits per heavy atom. The summed E-state index contributed by atoms with van der Waals surface area (Å²) < 4.78 is 11.3. The standard InChI is InChI=1S/C26H18O2/c1-27-22-13-12-20-21(26(22)28-2)14-16-11-10-15-6-5-9-18-17-7-3-4-8-19(17)25(20)24(16)23(15)18/h3-14H,1-2H3. The molecule has 0 N–H and O–H groups in total. The summed E-state index contributed by atoms with van der Waals surface area (Å²) in [6.45, 7) is 0. The van der Waals surface area contributed by atoms with E-state index in [-0.39, 0.29) is 0 Å². The zero-order chi connectivity index (χ0) is 18.8. The zero-order valence-corrected chi connectivity index (χ0v) is 15.7. The van der Waals surface area contributed by atoms with Gasteiger partial charge in [-0.15, -0.1) is 0 Å². The third-order valence-electron chi connectivity index (χ3n) is 5.97. The molecule has 0 radical (unpaired) electrons. The van der Waals surface area contributed by atoms with E-state index < -0.39 is 0 Å². The molecule has 0 bridgehead atoms. The van der Waals surface area contributed by atoms with Crippen LogP contribution in [0.25, 0.3) is 53.9 Å². The largest absolute Gasteiger partial charge is 0.493 e. The van der Waals surface area contributed by atoms with Crippen molar-refractivity contribution in [2.24, 2.45) is 0 Å². The minimum Gasteiger partial charge on any atom is -0.493 e. The summed E-state index contributed by atoms with van der Waals surface area (Å²) in [7, 11) is 3.39. The molecule has 0 aliphatic carbocycles. The minimum absolute atomic E-state index is 0.757. The lowest BCUT2D eigenvalue weighted by molar-refractivity contribution is 0.358. The Morgan fingerprint density at radius 1 is 0.500 bits per heavy atom. The summed E-state index contributed by atoms with van der Waals surface area (Å²) in [5, 5.41) is 12.6. The van der Waals surface area contributed by atoms with Crippen LogP contribution in [0.5, 0.6) is 11.5 Å². The number of hydrogen-bond acceptors (Lipinski definition) is 2. The van der Waals surface area contributed by atoms with E-state index >= 15 is 0 Å². The van der Waals surface area contributed by atoms with Gasteiger partial charge in [0.2, 0.25) is 0 Å². The van der Waals surface area contributed by atoms with E-state index in [0.29, 0.717) is 0 Å². The molecular formula is C26H18O2. The number of methoxy groups -OCH3 is 2. The van der Waals surface area contributed by atoms with Crippen LogP contribution in [-0.2, 0) is 0 Å². The van der Waals surface area contributed by atoms with Gasteiger partial charge in [0.15, 0.2) is 11.5 Å². The topological polar surface area (TPSA) is 18.5 Å². The molecule has 0 unspecified atom stereocenters. The van der Waals surface area contributed by atoms with Crippen LogP contribution in [0.2, 0.25) is 0 Å². The van der Waals surface area contributed by atoms with Crippen molar-refractivity contribution in [2.75, 3.05) is 14.2 Å². The Hall–Kier alpha value is -3.52. The van der Waals surface area contributed by atoms with E-state index in [0.717, 1.165) is 16.9 Å². The molecule has 6 aromatic rings. The van der Waals surface area contributed by atoms with Crippen molar-refractivity contribution in [1.29, 1.82) is 0 Å². The van der Waals surface area contributed by atoms with Crippen molar-refractivity contribution in [3.8, 4) is 11.5 Å². The van der Waals surface area contributed by atoms with Gasteiger partial charge in [-0.25, -0.2) is 0 Å². The molecule has 0 spiro atoms. The molecule has 0 aliphatic rings. The highest BCUT2D eigenvalue weighted by atomic mass is 16.5. The van der Waals surface area contributed by atoms with Gasteiger partial charge in [-0.2, -0.15) is 0 Å². The van der Waals surface area contributed by atoms with Gasteiger partial charge in [-0.3, -0.25) is 0 Å². The van der Waals surface area contributed by atoms with Crippen LogP contribution in [-0.4, -0.2) is 14.2 Å². The number of benzene rings is 6. The Kier molecular flexibility index (Phi) is 3.05. The molecule has 0 fully saturated rings. The van der Waals surface area contributed by atoms with E-state index in [4.69, 9.17) is 9.47 Å². The average Bonchev–Trinajstić information content (AvgIpc) is 2.76. The number of rotatable bonds is 2. The first-order valence-corrected chi connectivity index (χ1v) is 9.44. The van der Waals surface area contributed by atoms with E-state index in [9.17, 15) is 0 Å². The maximum absolute atomic E-state index is 5.76. The monoisotopic (exact) mass is 362 g/mol. The Balaban J connectivity index is 2.03. The fourth-order valence-corrected chi connectivity index (χ4v) is 4.83. The number of hydrogen-bond donors (Lipinski definition) is 0. The predicted octanol–water partition coefficient (Wildman–Crippen LogP) is 6.91. The highest BCUT2D eigenvalue weighted by Crippen LogP contribution is 2.46. The van der Waals surface area contributed by atoms with Crippen LogP contribution in [0, 0.1) is 0 Å². The summed E-state index contributed by atoms with van der Waals surface area (Å²) in [6.07, 6.45) is 0. The van der Waals surface area contributed by atoms with Gasteiger partial charge in [-0.05, 0) is 66.7 Å². The molecule has 134 valence electrons. The molecule has 28 heavy (non-hydrogen) atoms. The van der Waals surface area contributed by atoms with Gasteiger partial charge < -0.3 is 9.47 Å². The lowest BCUT2D eigenvalue weighted by Gasteiger charge is -2.18. The smallest absolute Gasteiger partial charge is 0.168 e. The molecule has 0 aromatic heterocycles. The van der Waals surface area contributed by atoms with Crippen molar-refractivity contribution < 1.29 is 9.47 Å². The second-order valence-corrected chi connectivity index (χ2v) is 7.26. The van der Waals surface area contributed by atoms with Crippen LogP contribution in [0.4, 0.5) is 0 Å². The van der Waals surface area contributed by atoms with Gasteiger partial charge in [0, 0.05) is 5.39 Å². The van der Waals surface area contributed by atoms with Crippen molar-refractivity contribution in [1.82, 2.24) is 0 Å². The molecule has 0 saturated carbocycles. The molecule has 0 saturated heterocycles. The van der Waals surface area contributed by atoms with Crippen molar-refractivity contribution in [3.05, 3.63) is 72.8 Å². The van der Waals surface area contributed by atoms with Crippen molar-refractivity contribution >= 4 is 53.9 Å². The maximum atomic E-state index is 5.76. The Labute approximate surface area is 162 Å². The summed E-state index contributed by atoms with van der Waals surface area (Å²) in [6, 6.07) is 26.1. The zero-order valence-electron chi connectivity index (χ0n) is 15.7. The van der Waals surface area contributed by atoms with Gasteiger partial charge in [0.25, 0.3) is 0 Å². The van der Waals surface area contributed by atoms with Gasteiger partial charge in [0.1, 0.15) is 0 Å². The average molecular weight is 362 g/mol. The quantitative estimate of drug-likeness (QED) is 0.246. The lowest BCUT2D eigenvalue weighted by atomic mass is 9.86. The molecule has 2 nitrogen and oxygen atoms in total. The predicted molar refractivity (Wildman–Crippen MR) is 118 cm³/mol. The number of ether oxygens (including phenoxy) is 2. The lowest BCUT2D eigenvalue weighted by Crippen LogP contribution is -1.93. The van der Waals surface area contributed by atoms with Crippen LogP contribution in [0.1, 0.15) is 0 Å². The van der Waals surface area contributed by atoms with E-state index in [2.05, 4.69) is 66.7 Å². The molecule has 0 atom stereocenters. The first-order valence-electron chi connectivity index (χ1n) is 9.44. The summed E-state index contributed by atoms with van der Waals surface area (Å²) in [4.78, 5) is 0. The molecule has 6 rings (SSSR count). The first-order chi connectivity index (χ1) is 13.8. The first kappa shape index (κ1) is 15.5. The fraction of sp³-hybridized carbons (Fsp3) is 0.0769. The summed E-state index contributed by atoms with van der Waals surface area (Å²) in [5.74, 6) is 1.54. The highest BCUT2D eigenvalue weighted by molar-refractivity contribution is 6.38. The normalized spacial score (nSPS) is 11.9. The third-order valence-corrected chi connectivity index (χ3v) is 5.97. The molecule has 6 aromatic carbocycles. The maximum Gasteiger partial charge on any atom is 0.168 e. The molecular weight excluding hydrogens is 344 g/mol. The molecule has 0 aliphatic heterocycles. The third kappa shape index (κ3) is 1.82. The van der Waals surface area contributed by atoms with Crippen LogP contribution in [0.15, 0.2) is 72.8 Å². The van der Waals surface area contributed by atoms with Gasteiger partial charge in [-0.1, -0.05) is 54.6 Å². The van der Waals surface area contributed by atoms with Crippen LogP contribution in [0.3, 0.4) is 0 Å². The minimum atomic E-state index is 0.757. The van der Waals surface area contributed by atoms with E-state index in [1.165, 1.54) is 48.5 Å². The Morgan fingerprint density at radius 3 is 2.04 bits per heavy atom. The summed E-state index contributed by atoms with van der Waals surface area (Å²) >= 11 is 0. The summed E-state index contributed by atoms with van der Waals surface area (Å²) in [5.41, 5.74) is 0. The van der Waals surface area contributed by atoms with Crippen molar-refractivity contribution in [3.63, 3.8) is 0 Å². The van der Waals surface area contributed by atoms with Crippen LogP contribution >= 0.6 is 0 Å². The SMILES string of the molecule is COc1ccc2c(cc3ccc4cccc5c6ccccc6c2c3c45)c1OC. The van der Waals surface area contributed by atoms with Gasteiger partial charge in [0.05, 0.1) is 14.2 Å².